The number of rotatable bonds is 8. The van der Waals surface area contributed by atoms with E-state index in [9.17, 15) is 27.3 Å². The molecule has 4 aromatic rings. The van der Waals surface area contributed by atoms with E-state index < -0.39 is 34.9 Å². The van der Waals surface area contributed by atoms with E-state index in [1.165, 1.54) is 18.3 Å². The minimum absolute atomic E-state index is 0.0265. The highest BCUT2D eigenvalue weighted by Gasteiger charge is 2.37. The van der Waals surface area contributed by atoms with Gasteiger partial charge in [0, 0.05) is 44.5 Å². The van der Waals surface area contributed by atoms with Crippen LogP contribution in [0.25, 0.3) is 5.65 Å². The Hall–Kier alpha value is -3.84. The van der Waals surface area contributed by atoms with Crippen LogP contribution in [0.3, 0.4) is 0 Å². The summed E-state index contributed by atoms with van der Waals surface area (Å²) in [5, 5.41) is 16.6. The summed E-state index contributed by atoms with van der Waals surface area (Å²) in [6.07, 6.45) is -1.12. The summed E-state index contributed by atoms with van der Waals surface area (Å²) in [4.78, 5) is 19.2. The Kier molecular flexibility index (Phi) is 8.09. The Morgan fingerprint density at radius 1 is 1.12 bits per heavy atom. The van der Waals surface area contributed by atoms with E-state index in [2.05, 4.69) is 27.0 Å². The van der Waals surface area contributed by atoms with Crippen molar-refractivity contribution in [3.05, 3.63) is 82.9 Å². The minimum Gasteiger partial charge on any atom is -0.481 e. The van der Waals surface area contributed by atoms with Crippen LogP contribution in [0.4, 0.5) is 19.0 Å². The number of hydrogen-bond acceptors (Lipinski definition) is 6. The summed E-state index contributed by atoms with van der Waals surface area (Å²) >= 11 is 0. The third-order valence-corrected chi connectivity index (χ3v) is 8.65. The second-order valence-corrected chi connectivity index (χ2v) is 11.4. The molecule has 1 N–H and O–H groups in total. The fraction of sp³-hybridized carbons (Fsp3) is 0.357. The van der Waals surface area contributed by atoms with E-state index in [1.807, 2.05) is 35.5 Å². The lowest BCUT2D eigenvalue weighted by Gasteiger charge is -2.23. The number of nitrogens with zero attached hydrogens (tertiary/aromatic N) is 6. The van der Waals surface area contributed by atoms with E-state index in [1.54, 1.807) is 12.3 Å². The molecule has 0 saturated carbocycles. The maximum atomic E-state index is 13.7. The molecule has 0 saturated heterocycles. The summed E-state index contributed by atoms with van der Waals surface area (Å²) in [6.45, 7) is 6.37. The highest BCUT2D eigenvalue weighted by Crippen LogP contribution is 2.34. The Balaban J connectivity index is 1.48. The van der Waals surface area contributed by atoms with Gasteiger partial charge in [-0.2, -0.15) is 13.2 Å². The fourth-order valence-electron chi connectivity index (χ4n) is 5.13. The minimum atomic E-state index is -4.68. The first kappa shape index (κ1) is 28.7. The molecule has 2 unspecified atom stereocenters. The van der Waals surface area contributed by atoms with Crippen molar-refractivity contribution >= 4 is 28.4 Å². The van der Waals surface area contributed by atoms with Crippen LogP contribution in [-0.4, -0.2) is 58.8 Å². The van der Waals surface area contributed by atoms with Crippen LogP contribution < -0.4 is 4.90 Å². The standard InChI is InChI=1S/C28H29F3N6O3S/c1-3-10-35-12-13-36(41(40)23-5-4-9-32-26(23)35)17-21-14-19(7-6-18(21)2)22(16-25(38)39)20-8-11-37-24(15-20)33-34-27(37)28(29,30)31/h4-9,11,14-15,22H,3,10,12-13,16-17H2,1-2H3,(H,38,39). The lowest BCUT2D eigenvalue weighted by Crippen LogP contribution is -2.33. The topological polar surface area (TPSA) is 104 Å². The predicted octanol–water partition coefficient (Wildman–Crippen LogP) is 4.81. The molecule has 0 radical (unpaired) electrons. The van der Waals surface area contributed by atoms with Gasteiger partial charge in [-0.15, -0.1) is 10.2 Å². The average Bonchev–Trinajstić information content (AvgIpc) is 3.33. The molecule has 9 nitrogen and oxygen atoms in total. The predicted molar refractivity (Wildman–Crippen MR) is 147 cm³/mol. The Morgan fingerprint density at radius 2 is 1.90 bits per heavy atom. The number of pyridine rings is 2. The average molecular weight is 587 g/mol. The molecule has 4 heterocycles. The first-order valence-electron chi connectivity index (χ1n) is 13.2. The summed E-state index contributed by atoms with van der Waals surface area (Å²) in [7, 11) is -1.46. The lowest BCUT2D eigenvalue weighted by molar-refractivity contribution is -0.145. The van der Waals surface area contributed by atoms with Gasteiger partial charge in [-0.05, 0) is 59.9 Å². The van der Waals surface area contributed by atoms with Gasteiger partial charge >= 0.3 is 12.1 Å². The highest BCUT2D eigenvalue weighted by atomic mass is 32.2. The SMILES string of the molecule is CCCN1CCN(Cc2cc(C(CC(=O)O)c3ccn4c(C(F)(F)F)nnc4c3)ccc2C)S(=O)c2cccnc21. The number of alkyl halides is 3. The normalized spacial score (nSPS) is 16.9. The van der Waals surface area contributed by atoms with Gasteiger partial charge in [0.2, 0.25) is 5.82 Å². The maximum absolute atomic E-state index is 13.7. The number of aryl methyl sites for hydroxylation is 1. The number of hydrogen-bond donors (Lipinski definition) is 1. The number of aliphatic carboxylic acids is 1. The van der Waals surface area contributed by atoms with E-state index in [0.717, 1.165) is 34.3 Å². The van der Waals surface area contributed by atoms with Gasteiger partial charge in [0.1, 0.15) is 16.8 Å². The summed E-state index contributed by atoms with van der Waals surface area (Å²) in [5.74, 6) is -2.13. The number of aromatic nitrogens is 4. The zero-order chi connectivity index (χ0) is 29.3. The van der Waals surface area contributed by atoms with E-state index >= 15 is 0 Å². The first-order valence-corrected chi connectivity index (χ1v) is 14.3. The van der Waals surface area contributed by atoms with Crippen LogP contribution in [0.1, 0.15) is 53.8 Å². The first-order chi connectivity index (χ1) is 19.6. The Bertz CT molecular complexity index is 1610. The van der Waals surface area contributed by atoms with Crippen molar-refractivity contribution in [1.29, 1.82) is 0 Å². The van der Waals surface area contributed by atoms with E-state index in [-0.39, 0.29) is 12.1 Å². The zero-order valence-corrected chi connectivity index (χ0v) is 23.3. The molecule has 0 fully saturated rings. The van der Waals surface area contributed by atoms with Crippen LogP contribution in [0.2, 0.25) is 0 Å². The van der Waals surface area contributed by atoms with Gasteiger partial charge in [-0.25, -0.2) is 13.5 Å². The molecule has 41 heavy (non-hydrogen) atoms. The highest BCUT2D eigenvalue weighted by molar-refractivity contribution is 7.82. The molecule has 216 valence electrons. The van der Waals surface area contributed by atoms with Gasteiger partial charge in [0.15, 0.2) is 5.65 Å². The largest absolute Gasteiger partial charge is 0.481 e. The third kappa shape index (κ3) is 5.96. The third-order valence-electron chi connectivity index (χ3n) is 7.18. The quantitative estimate of drug-likeness (QED) is 0.316. The molecule has 0 amide bonds. The molecule has 0 bridgehead atoms. The maximum Gasteiger partial charge on any atom is 0.452 e. The van der Waals surface area contributed by atoms with Gasteiger partial charge in [0.25, 0.3) is 0 Å². The molecule has 0 aliphatic carbocycles. The molecule has 0 spiro atoms. The Morgan fingerprint density at radius 3 is 2.63 bits per heavy atom. The van der Waals surface area contributed by atoms with Crippen molar-refractivity contribution in [3.63, 3.8) is 0 Å². The van der Waals surface area contributed by atoms with Crippen LogP contribution in [-0.2, 0) is 28.5 Å². The molecule has 1 aromatic carbocycles. The summed E-state index contributed by atoms with van der Waals surface area (Å²) in [5.41, 5.74) is 2.99. The molecule has 3 aromatic heterocycles. The van der Waals surface area contributed by atoms with Crippen molar-refractivity contribution in [2.75, 3.05) is 24.5 Å². The van der Waals surface area contributed by atoms with E-state index in [4.69, 9.17) is 0 Å². The van der Waals surface area contributed by atoms with Crippen molar-refractivity contribution in [1.82, 2.24) is 23.9 Å². The molecular formula is C28H29F3N6O3S. The molecule has 2 atom stereocenters. The van der Waals surface area contributed by atoms with Gasteiger partial charge in [-0.1, -0.05) is 25.1 Å². The Labute approximate surface area is 237 Å². The van der Waals surface area contributed by atoms with E-state index in [0.29, 0.717) is 35.7 Å². The number of carboxylic acids is 1. The molecular weight excluding hydrogens is 557 g/mol. The van der Waals surface area contributed by atoms with Crippen LogP contribution in [0.5, 0.6) is 0 Å². The monoisotopic (exact) mass is 586 g/mol. The smallest absolute Gasteiger partial charge is 0.452 e. The van der Waals surface area contributed by atoms with Crippen molar-refractivity contribution < 1.29 is 27.3 Å². The number of anilines is 1. The second kappa shape index (κ2) is 11.6. The van der Waals surface area contributed by atoms with Gasteiger partial charge in [-0.3, -0.25) is 9.20 Å². The molecule has 13 heteroatoms. The molecule has 5 rings (SSSR count). The van der Waals surface area contributed by atoms with Gasteiger partial charge < -0.3 is 10.0 Å². The van der Waals surface area contributed by atoms with Crippen LogP contribution in [0.15, 0.2) is 59.8 Å². The zero-order valence-electron chi connectivity index (χ0n) is 22.5. The van der Waals surface area contributed by atoms with Crippen LogP contribution in [0, 0.1) is 6.92 Å². The van der Waals surface area contributed by atoms with Crippen LogP contribution >= 0.6 is 0 Å². The molecule has 1 aliphatic rings. The second-order valence-electron chi connectivity index (χ2n) is 9.97. The van der Waals surface area contributed by atoms with Crippen molar-refractivity contribution in [2.24, 2.45) is 0 Å². The lowest BCUT2D eigenvalue weighted by atomic mass is 9.87. The molecule has 1 aliphatic heterocycles. The van der Waals surface area contributed by atoms with Crippen molar-refractivity contribution in [3.8, 4) is 0 Å². The number of benzene rings is 1. The number of halogens is 3. The fourth-order valence-corrected chi connectivity index (χ4v) is 6.44. The number of carboxylic acid groups (broad SMARTS) is 1. The summed E-state index contributed by atoms with van der Waals surface area (Å²) in [6, 6.07) is 12.1. The number of fused-ring (bicyclic) bond motifs is 2. The van der Waals surface area contributed by atoms with Crippen molar-refractivity contribution in [2.45, 2.75) is 50.2 Å². The summed E-state index contributed by atoms with van der Waals surface area (Å²) < 4.78 is 56.3. The van der Waals surface area contributed by atoms with Gasteiger partial charge in [0.05, 0.1) is 11.3 Å². The number of carbonyl (C=O) groups is 1.